The number of carbonyl (C=O) groups is 1. The Labute approximate surface area is 107 Å². The molecular weight excluding hydrogens is 230 g/mol. The molecule has 0 radical (unpaired) electrons. The number of hydrogen-bond acceptors (Lipinski definition) is 5. The average Bonchev–Trinajstić information content (AvgIpc) is 2.72. The van der Waals surface area contributed by atoms with E-state index < -0.39 is 0 Å². The first-order chi connectivity index (χ1) is 8.60. The molecule has 1 aromatic rings. The third-order valence-electron chi connectivity index (χ3n) is 3.39. The molecule has 0 spiro atoms. The number of hydrazine groups is 1. The van der Waals surface area contributed by atoms with E-state index in [1.54, 1.807) is 12.4 Å². The SMILES string of the molecule is CC(C)C1CC(=O)N(Cc2cnc(NN)cn2)C1. The molecule has 0 bridgehead atoms. The zero-order valence-electron chi connectivity index (χ0n) is 10.8. The Bertz CT molecular complexity index is 417. The van der Waals surface area contributed by atoms with Crippen molar-refractivity contribution >= 4 is 11.7 Å². The minimum absolute atomic E-state index is 0.205. The van der Waals surface area contributed by atoms with Crippen LogP contribution in [0.15, 0.2) is 12.4 Å². The van der Waals surface area contributed by atoms with Gasteiger partial charge in [0.1, 0.15) is 0 Å². The van der Waals surface area contributed by atoms with Crippen LogP contribution in [0, 0.1) is 11.8 Å². The summed E-state index contributed by atoms with van der Waals surface area (Å²) in [4.78, 5) is 22.0. The molecule has 3 N–H and O–H groups in total. The van der Waals surface area contributed by atoms with E-state index in [0.717, 1.165) is 12.2 Å². The lowest BCUT2D eigenvalue weighted by molar-refractivity contribution is -0.128. The second-order valence-electron chi connectivity index (χ2n) is 5.02. The number of rotatable bonds is 4. The van der Waals surface area contributed by atoms with Crippen molar-refractivity contribution in [3.8, 4) is 0 Å². The van der Waals surface area contributed by atoms with Crippen LogP contribution in [-0.4, -0.2) is 27.3 Å². The van der Waals surface area contributed by atoms with Gasteiger partial charge in [-0.1, -0.05) is 13.8 Å². The molecule has 6 nitrogen and oxygen atoms in total. The van der Waals surface area contributed by atoms with Crippen LogP contribution in [0.2, 0.25) is 0 Å². The Balaban J connectivity index is 1.98. The molecule has 2 rings (SSSR count). The lowest BCUT2D eigenvalue weighted by atomic mass is 9.95. The summed E-state index contributed by atoms with van der Waals surface area (Å²) in [5.41, 5.74) is 3.21. The monoisotopic (exact) mass is 249 g/mol. The van der Waals surface area contributed by atoms with Gasteiger partial charge in [0.25, 0.3) is 0 Å². The molecule has 1 aromatic heterocycles. The fraction of sp³-hybridized carbons (Fsp3) is 0.583. The molecule has 98 valence electrons. The highest BCUT2D eigenvalue weighted by molar-refractivity contribution is 5.78. The summed E-state index contributed by atoms with van der Waals surface area (Å²) in [6.45, 7) is 5.65. The Kier molecular flexibility index (Phi) is 3.76. The molecule has 18 heavy (non-hydrogen) atoms. The predicted octanol–water partition coefficient (Wildman–Crippen LogP) is 0.767. The Morgan fingerprint density at radius 1 is 1.50 bits per heavy atom. The molecule has 1 atom stereocenters. The van der Waals surface area contributed by atoms with Gasteiger partial charge in [0.15, 0.2) is 5.82 Å². The van der Waals surface area contributed by atoms with Crippen LogP contribution in [0.1, 0.15) is 26.0 Å². The largest absolute Gasteiger partial charge is 0.336 e. The van der Waals surface area contributed by atoms with E-state index in [1.807, 2.05) is 4.90 Å². The van der Waals surface area contributed by atoms with Crippen LogP contribution in [0.5, 0.6) is 0 Å². The third-order valence-corrected chi connectivity index (χ3v) is 3.39. The smallest absolute Gasteiger partial charge is 0.223 e. The van der Waals surface area contributed by atoms with Gasteiger partial charge < -0.3 is 10.3 Å². The summed E-state index contributed by atoms with van der Waals surface area (Å²) in [6.07, 6.45) is 3.86. The second-order valence-corrected chi connectivity index (χ2v) is 5.02. The van der Waals surface area contributed by atoms with Crippen molar-refractivity contribution in [1.29, 1.82) is 0 Å². The van der Waals surface area contributed by atoms with Crippen molar-refractivity contribution in [3.05, 3.63) is 18.1 Å². The van der Waals surface area contributed by atoms with E-state index in [2.05, 4.69) is 29.2 Å². The number of carbonyl (C=O) groups excluding carboxylic acids is 1. The minimum atomic E-state index is 0.205. The van der Waals surface area contributed by atoms with Gasteiger partial charge in [-0.15, -0.1) is 0 Å². The molecule has 0 aliphatic carbocycles. The Morgan fingerprint density at radius 3 is 2.78 bits per heavy atom. The van der Waals surface area contributed by atoms with Gasteiger partial charge in [-0.3, -0.25) is 9.78 Å². The van der Waals surface area contributed by atoms with Gasteiger partial charge in [0.05, 0.1) is 24.6 Å². The molecule has 1 fully saturated rings. The Morgan fingerprint density at radius 2 is 2.28 bits per heavy atom. The molecule has 1 amide bonds. The van der Waals surface area contributed by atoms with Gasteiger partial charge in [0, 0.05) is 13.0 Å². The van der Waals surface area contributed by atoms with E-state index in [4.69, 9.17) is 5.84 Å². The topological polar surface area (TPSA) is 84.1 Å². The fourth-order valence-electron chi connectivity index (χ4n) is 2.11. The molecule has 1 aliphatic rings. The number of amides is 1. The first-order valence-electron chi connectivity index (χ1n) is 6.15. The van der Waals surface area contributed by atoms with Crippen molar-refractivity contribution in [2.45, 2.75) is 26.8 Å². The minimum Gasteiger partial charge on any atom is -0.336 e. The fourth-order valence-corrected chi connectivity index (χ4v) is 2.11. The number of aromatic nitrogens is 2. The normalized spacial score (nSPS) is 19.7. The van der Waals surface area contributed by atoms with Crippen molar-refractivity contribution < 1.29 is 4.79 Å². The zero-order valence-corrected chi connectivity index (χ0v) is 10.8. The van der Waals surface area contributed by atoms with Crippen LogP contribution in [0.25, 0.3) is 0 Å². The van der Waals surface area contributed by atoms with Gasteiger partial charge in [0.2, 0.25) is 5.91 Å². The number of likely N-dealkylation sites (tertiary alicyclic amines) is 1. The zero-order chi connectivity index (χ0) is 13.1. The highest BCUT2D eigenvalue weighted by Gasteiger charge is 2.31. The molecule has 0 saturated carbocycles. The van der Waals surface area contributed by atoms with Gasteiger partial charge in [-0.25, -0.2) is 10.8 Å². The summed E-state index contributed by atoms with van der Waals surface area (Å²) in [5.74, 6) is 6.94. The molecule has 1 aliphatic heterocycles. The van der Waals surface area contributed by atoms with Crippen LogP contribution in [-0.2, 0) is 11.3 Å². The van der Waals surface area contributed by atoms with E-state index >= 15 is 0 Å². The second kappa shape index (κ2) is 5.30. The van der Waals surface area contributed by atoms with Crippen LogP contribution in [0.3, 0.4) is 0 Å². The lowest BCUT2D eigenvalue weighted by Gasteiger charge is -2.17. The number of nitrogens with one attached hydrogen (secondary N) is 1. The summed E-state index contributed by atoms with van der Waals surface area (Å²) < 4.78 is 0. The first-order valence-corrected chi connectivity index (χ1v) is 6.15. The van der Waals surface area contributed by atoms with E-state index in [-0.39, 0.29) is 5.91 Å². The average molecular weight is 249 g/mol. The van der Waals surface area contributed by atoms with Crippen molar-refractivity contribution in [1.82, 2.24) is 14.9 Å². The maximum atomic E-state index is 11.9. The van der Waals surface area contributed by atoms with E-state index in [0.29, 0.717) is 30.6 Å². The number of nitrogen functional groups attached to an aromatic ring is 1. The highest BCUT2D eigenvalue weighted by atomic mass is 16.2. The van der Waals surface area contributed by atoms with Crippen molar-refractivity contribution in [2.24, 2.45) is 17.7 Å². The highest BCUT2D eigenvalue weighted by Crippen LogP contribution is 2.25. The van der Waals surface area contributed by atoms with Gasteiger partial charge in [-0.2, -0.15) is 0 Å². The number of nitrogens with zero attached hydrogens (tertiary/aromatic N) is 3. The number of anilines is 1. The number of nitrogens with two attached hydrogens (primary N) is 1. The quantitative estimate of drug-likeness (QED) is 0.608. The van der Waals surface area contributed by atoms with Crippen LogP contribution >= 0.6 is 0 Å². The summed E-state index contributed by atoms with van der Waals surface area (Å²) >= 11 is 0. The maximum Gasteiger partial charge on any atom is 0.223 e. The molecule has 1 saturated heterocycles. The van der Waals surface area contributed by atoms with Gasteiger partial charge >= 0.3 is 0 Å². The predicted molar refractivity (Wildman–Crippen MR) is 68.2 cm³/mol. The molecular formula is C12H19N5O. The third kappa shape index (κ3) is 2.76. The first kappa shape index (κ1) is 12.8. The van der Waals surface area contributed by atoms with Crippen molar-refractivity contribution in [2.75, 3.05) is 12.0 Å². The standard InChI is InChI=1S/C12H19N5O/c1-8(2)9-3-12(18)17(6-9)7-10-4-15-11(16-13)5-14-10/h4-5,8-9H,3,6-7,13H2,1-2H3,(H,15,16). The van der Waals surface area contributed by atoms with E-state index in [1.165, 1.54) is 0 Å². The molecule has 1 unspecified atom stereocenters. The molecule has 0 aromatic carbocycles. The summed E-state index contributed by atoms with van der Waals surface area (Å²) in [5, 5.41) is 0. The number of hydrogen-bond donors (Lipinski definition) is 2. The summed E-state index contributed by atoms with van der Waals surface area (Å²) in [6, 6.07) is 0. The maximum absolute atomic E-state index is 11.9. The molecule has 6 heteroatoms. The Hall–Kier alpha value is -1.69. The molecule has 2 heterocycles. The van der Waals surface area contributed by atoms with Crippen molar-refractivity contribution in [3.63, 3.8) is 0 Å². The van der Waals surface area contributed by atoms with E-state index in [9.17, 15) is 4.79 Å². The van der Waals surface area contributed by atoms with Gasteiger partial charge in [-0.05, 0) is 11.8 Å². The lowest BCUT2D eigenvalue weighted by Crippen LogP contribution is -2.25. The van der Waals surface area contributed by atoms with Crippen LogP contribution < -0.4 is 11.3 Å². The summed E-state index contributed by atoms with van der Waals surface area (Å²) in [7, 11) is 0. The van der Waals surface area contributed by atoms with Crippen LogP contribution in [0.4, 0.5) is 5.82 Å².